The van der Waals surface area contributed by atoms with Crippen LogP contribution in [-0.4, -0.2) is 13.5 Å². The summed E-state index contributed by atoms with van der Waals surface area (Å²) in [6.07, 6.45) is -4.74. The number of benzene rings is 2. The molecule has 0 spiro atoms. The van der Waals surface area contributed by atoms with Crippen molar-refractivity contribution in [3.05, 3.63) is 48.0 Å². The minimum absolute atomic E-state index is 0. The van der Waals surface area contributed by atoms with Gasteiger partial charge in [-0.05, 0) is 23.8 Å². The van der Waals surface area contributed by atoms with Crippen LogP contribution < -0.4 is 15.2 Å². The van der Waals surface area contributed by atoms with Crippen LogP contribution in [0.2, 0.25) is 0 Å². The molecule has 120 valence electrons. The van der Waals surface area contributed by atoms with Crippen molar-refractivity contribution in [2.75, 3.05) is 7.11 Å². The van der Waals surface area contributed by atoms with Crippen LogP contribution in [0.5, 0.6) is 11.5 Å². The van der Waals surface area contributed by atoms with E-state index in [2.05, 4.69) is 4.74 Å². The first-order valence-corrected chi connectivity index (χ1v) is 6.16. The molecule has 0 aliphatic carbocycles. The molecule has 2 rings (SSSR count). The maximum absolute atomic E-state index is 12.4. The van der Waals surface area contributed by atoms with Crippen LogP contribution in [0.3, 0.4) is 0 Å². The van der Waals surface area contributed by atoms with Crippen LogP contribution >= 0.6 is 12.4 Å². The fourth-order valence-corrected chi connectivity index (χ4v) is 2.02. The number of para-hydroxylation sites is 1. The third kappa shape index (κ3) is 4.29. The molecule has 0 heterocycles. The highest BCUT2D eigenvalue weighted by atomic mass is 35.5. The third-order valence-corrected chi connectivity index (χ3v) is 2.92. The number of hydrogen-bond donors (Lipinski definition) is 1. The number of ether oxygens (including phenoxy) is 2. The van der Waals surface area contributed by atoms with E-state index in [1.165, 1.54) is 19.2 Å². The van der Waals surface area contributed by atoms with E-state index in [0.717, 1.165) is 0 Å². The van der Waals surface area contributed by atoms with E-state index in [9.17, 15) is 13.2 Å². The van der Waals surface area contributed by atoms with Crippen LogP contribution in [0.1, 0.15) is 5.56 Å². The molecule has 0 aliphatic heterocycles. The topological polar surface area (TPSA) is 44.5 Å². The lowest BCUT2D eigenvalue weighted by Crippen LogP contribution is -2.17. The van der Waals surface area contributed by atoms with Crippen LogP contribution in [0.4, 0.5) is 13.2 Å². The summed E-state index contributed by atoms with van der Waals surface area (Å²) in [6.45, 7) is 0.222. The van der Waals surface area contributed by atoms with Gasteiger partial charge in [-0.1, -0.05) is 24.3 Å². The standard InChI is InChI=1S/C15H14F3NO2.ClH/c1-20-13-7-6-10(8-11(13)9-19)12-4-2-3-5-14(12)21-15(16,17)18;/h2-8H,9,19H2,1H3;1H. The van der Waals surface area contributed by atoms with E-state index >= 15 is 0 Å². The summed E-state index contributed by atoms with van der Waals surface area (Å²) in [7, 11) is 1.51. The molecule has 7 heteroatoms. The molecule has 0 atom stereocenters. The van der Waals surface area contributed by atoms with E-state index in [4.69, 9.17) is 10.5 Å². The Morgan fingerprint density at radius 1 is 1.05 bits per heavy atom. The molecule has 0 saturated carbocycles. The predicted octanol–water partition coefficient (Wildman–Crippen LogP) is 4.14. The first kappa shape index (κ1) is 18.1. The van der Waals surface area contributed by atoms with Gasteiger partial charge >= 0.3 is 6.36 Å². The maximum Gasteiger partial charge on any atom is 0.573 e. The van der Waals surface area contributed by atoms with Crippen molar-refractivity contribution in [1.82, 2.24) is 0 Å². The molecule has 22 heavy (non-hydrogen) atoms. The molecule has 2 aromatic carbocycles. The van der Waals surface area contributed by atoms with Crippen molar-refractivity contribution >= 4 is 12.4 Å². The quantitative estimate of drug-likeness (QED) is 0.914. The van der Waals surface area contributed by atoms with Gasteiger partial charge in [-0.3, -0.25) is 0 Å². The molecule has 2 aromatic rings. The molecule has 0 bridgehead atoms. The van der Waals surface area contributed by atoms with E-state index in [-0.39, 0.29) is 24.7 Å². The predicted molar refractivity (Wildman–Crippen MR) is 80.3 cm³/mol. The van der Waals surface area contributed by atoms with Crippen LogP contribution in [0, 0.1) is 0 Å². The summed E-state index contributed by atoms with van der Waals surface area (Å²) in [5.41, 5.74) is 7.25. The molecule has 0 radical (unpaired) electrons. The lowest BCUT2D eigenvalue weighted by atomic mass is 10.0. The van der Waals surface area contributed by atoms with E-state index in [1.807, 2.05) is 0 Å². The second-order valence-corrected chi connectivity index (χ2v) is 4.27. The number of nitrogens with two attached hydrogens (primary N) is 1. The molecule has 0 saturated heterocycles. The molecular formula is C15H15ClF3NO2. The van der Waals surface area contributed by atoms with Gasteiger partial charge in [-0.25, -0.2) is 0 Å². The van der Waals surface area contributed by atoms with E-state index in [0.29, 0.717) is 22.4 Å². The van der Waals surface area contributed by atoms with Crippen LogP contribution in [-0.2, 0) is 6.54 Å². The highest BCUT2D eigenvalue weighted by Gasteiger charge is 2.32. The lowest BCUT2D eigenvalue weighted by molar-refractivity contribution is -0.274. The van der Waals surface area contributed by atoms with Crippen molar-refractivity contribution in [3.8, 4) is 22.6 Å². The van der Waals surface area contributed by atoms with Gasteiger partial charge in [0.2, 0.25) is 0 Å². The summed E-state index contributed by atoms with van der Waals surface area (Å²) >= 11 is 0. The van der Waals surface area contributed by atoms with Crippen molar-refractivity contribution in [1.29, 1.82) is 0 Å². The van der Waals surface area contributed by atoms with Gasteiger partial charge in [0, 0.05) is 17.7 Å². The van der Waals surface area contributed by atoms with Gasteiger partial charge in [0.15, 0.2) is 0 Å². The molecule has 2 N–H and O–H groups in total. The molecule has 0 fully saturated rings. The zero-order valence-corrected chi connectivity index (χ0v) is 12.5. The fraction of sp³-hybridized carbons (Fsp3) is 0.200. The molecule has 3 nitrogen and oxygen atoms in total. The van der Waals surface area contributed by atoms with E-state index in [1.54, 1.807) is 30.3 Å². The van der Waals surface area contributed by atoms with Crippen LogP contribution in [0.15, 0.2) is 42.5 Å². The van der Waals surface area contributed by atoms with Crippen molar-refractivity contribution < 1.29 is 22.6 Å². The van der Waals surface area contributed by atoms with E-state index < -0.39 is 6.36 Å². The first-order chi connectivity index (χ1) is 9.94. The number of rotatable bonds is 4. The largest absolute Gasteiger partial charge is 0.573 e. The summed E-state index contributed by atoms with van der Waals surface area (Å²) in [5, 5.41) is 0. The molecule has 0 aliphatic rings. The van der Waals surface area contributed by atoms with Crippen molar-refractivity contribution in [2.45, 2.75) is 12.9 Å². The maximum atomic E-state index is 12.4. The smallest absolute Gasteiger partial charge is 0.496 e. The Bertz CT molecular complexity index is 632. The van der Waals surface area contributed by atoms with Gasteiger partial charge in [0.05, 0.1) is 7.11 Å². The average Bonchev–Trinajstić information content (AvgIpc) is 2.45. The van der Waals surface area contributed by atoms with Gasteiger partial charge in [-0.15, -0.1) is 25.6 Å². The Labute approximate surface area is 132 Å². The lowest BCUT2D eigenvalue weighted by Gasteiger charge is -2.14. The molecule has 0 amide bonds. The Balaban J connectivity index is 0.00000242. The first-order valence-electron chi connectivity index (χ1n) is 6.16. The summed E-state index contributed by atoms with van der Waals surface area (Å²) in [6, 6.07) is 11.0. The number of halogens is 4. The normalized spacial score (nSPS) is 10.8. The highest BCUT2D eigenvalue weighted by Crippen LogP contribution is 2.35. The summed E-state index contributed by atoms with van der Waals surface area (Å²) in [5.74, 6) is 0.341. The third-order valence-electron chi connectivity index (χ3n) is 2.92. The zero-order valence-electron chi connectivity index (χ0n) is 11.7. The second-order valence-electron chi connectivity index (χ2n) is 4.27. The van der Waals surface area contributed by atoms with Crippen LogP contribution in [0.25, 0.3) is 11.1 Å². The Kier molecular flexibility index (Phi) is 6.08. The monoisotopic (exact) mass is 333 g/mol. The highest BCUT2D eigenvalue weighted by molar-refractivity contribution is 5.85. The molecule has 0 aromatic heterocycles. The van der Waals surface area contributed by atoms with Crippen molar-refractivity contribution in [2.24, 2.45) is 5.73 Å². The Morgan fingerprint density at radius 2 is 1.73 bits per heavy atom. The number of methoxy groups -OCH3 is 1. The summed E-state index contributed by atoms with van der Waals surface area (Å²) < 4.78 is 46.5. The van der Waals surface area contributed by atoms with Gasteiger partial charge in [-0.2, -0.15) is 0 Å². The van der Waals surface area contributed by atoms with Crippen molar-refractivity contribution in [3.63, 3.8) is 0 Å². The molecular weight excluding hydrogens is 319 g/mol. The number of alkyl halides is 3. The SMILES string of the molecule is COc1ccc(-c2ccccc2OC(F)(F)F)cc1CN.Cl. The minimum atomic E-state index is -4.74. The second kappa shape index (κ2) is 7.38. The fourth-order valence-electron chi connectivity index (χ4n) is 2.02. The molecule has 0 unspecified atom stereocenters. The Hall–Kier alpha value is -1.92. The number of hydrogen-bond acceptors (Lipinski definition) is 3. The Morgan fingerprint density at radius 3 is 2.32 bits per heavy atom. The minimum Gasteiger partial charge on any atom is -0.496 e. The van der Waals surface area contributed by atoms with Gasteiger partial charge in [0.25, 0.3) is 0 Å². The van der Waals surface area contributed by atoms with Gasteiger partial charge in [0.1, 0.15) is 11.5 Å². The average molecular weight is 334 g/mol. The zero-order chi connectivity index (χ0) is 15.5. The van der Waals surface area contributed by atoms with Gasteiger partial charge < -0.3 is 15.2 Å². The summed E-state index contributed by atoms with van der Waals surface area (Å²) in [4.78, 5) is 0.